The molecule has 0 spiro atoms. The summed E-state index contributed by atoms with van der Waals surface area (Å²) >= 11 is 0. The summed E-state index contributed by atoms with van der Waals surface area (Å²) in [6.07, 6.45) is 3.54. The van der Waals surface area contributed by atoms with Crippen LogP contribution in [-0.4, -0.2) is 26.2 Å². The van der Waals surface area contributed by atoms with Crippen LogP contribution in [0.25, 0.3) is 11.6 Å². The fourth-order valence-corrected chi connectivity index (χ4v) is 1.19. The molecule has 0 aliphatic rings. The molecule has 0 saturated carbocycles. The molecule has 1 N–H and O–H groups in total. The molecular weight excluding hydrogens is 194 g/mol. The SMILES string of the molecule is CCNCc1noc(-c2cn(C)cn2)n1. The Hall–Kier alpha value is -1.69. The van der Waals surface area contributed by atoms with Crippen LogP contribution in [0.5, 0.6) is 0 Å². The largest absolute Gasteiger partial charge is 0.340 e. The summed E-state index contributed by atoms with van der Waals surface area (Å²) in [5.74, 6) is 1.11. The maximum Gasteiger partial charge on any atom is 0.278 e. The molecule has 6 nitrogen and oxygen atoms in total. The van der Waals surface area contributed by atoms with Gasteiger partial charge in [-0.25, -0.2) is 4.98 Å². The van der Waals surface area contributed by atoms with E-state index in [1.54, 1.807) is 6.33 Å². The third kappa shape index (κ3) is 2.21. The molecule has 0 aliphatic carbocycles. The zero-order valence-electron chi connectivity index (χ0n) is 8.77. The number of hydrogen-bond donors (Lipinski definition) is 1. The van der Waals surface area contributed by atoms with Crippen molar-refractivity contribution in [2.24, 2.45) is 7.05 Å². The molecule has 0 unspecified atom stereocenters. The third-order valence-electron chi connectivity index (χ3n) is 1.93. The predicted octanol–water partition coefficient (Wildman–Crippen LogP) is 0.580. The van der Waals surface area contributed by atoms with Crippen LogP contribution in [0.1, 0.15) is 12.7 Å². The van der Waals surface area contributed by atoms with Gasteiger partial charge in [-0.1, -0.05) is 12.1 Å². The highest BCUT2D eigenvalue weighted by atomic mass is 16.5. The summed E-state index contributed by atoms with van der Waals surface area (Å²) in [6, 6.07) is 0. The minimum absolute atomic E-state index is 0.462. The molecule has 0 amide bonds. The van der Waals surface area contributed by atoms with Gasteiger partial charge in [0.05, 0.1) is 12.9 Å². The lowest BCUT2D eigenvalue weighted by molar-refractivity contribution is 0.419. The lowest BCUT2D eigenvalue weighted by Crippen LogP contribution is -2.12. The molecule has 2 rings (SSSR count). The summed E-state index contributed by atoms with van der Waals surface area (Å²) in [4.78, 5) is 8.34. The second kappa shape index (κ2) is 4.22. The Morgan fingerprint density at radius 1 is 1.53 bits per heavy atom. The smallest absolute Gasteiger partial charge is 0.278 e. The summed E-state index contributed by atoms with van der Waals surface area (Å²) in [7, 11) is 1.90. The Balaban J connectivity index is 2.13. The van der Waals surface area contributed by atoms with Gasteiger partial charge in [-0.3, -0.25) is 0 Å². The first-order valence-electron chi connectivity index (χ1n) is 4.81. The van der Waals surface area contributed by atoms with Gasteiger partial charge in [0.1, 0.15) is 5.69 Å². The van der Waals surface area contributed by atoms with Crippen molar-refractivity contribution in [1.29, 1.82) is 0 Å². The van der Waals surface area contributed by atoms with Crippen LogP contribution in [0.2, 0.25) is 0 Å². The molecule has 0 aromatic carbocycles. The van der Waals surface area contributed by atoms with Crippen LogP contribution in [0, 0.1) is 0 Å². The van der Waals surface area contributed by atoms with Crippen LogP contribution in [0.15, 0.2) is 17.0 Å². The normalized spacial score (nSPS) is 10.8. The van der Waals surface area contributed by atoms with Gasteiger partial charge in [-0.2, -0.15) is 4.98 Å². The second-order valence-electron chi connectivity index (χ2n) is 3.22. The predicted molar refractivity (Wildman–Crippen MR) is 53.9 cm³/mol. The summed E-state index contributed by atoms with van der Waals surface area (Å²) in [5.41, 5.74) is 0.702. The molecule has 80 valence electrons. The fraction of sp³-hybridized carbons (Fsp3) is 0.444. The molecule has 0 aliphatic heterocycles. The maximum atomic E-state index is 5.08. The van der Waals surface area contributed by atoms with Crippen molar-refractivity contribution in [3.8, 4) is 11.6 Å². The van der Waals surface area contributed by atoms with E-state index < -0.39 is 0 Å². The molecule has 0 radical (unpaired) electrons. The first-order valence-corrected chi connectivity index (χ1v) is 4.81. The Morgan fingerprint density at radius 3 is 3.07 bits per heavy atom. The van der Waals surface area contributed by atoms with Crippen LogP contribution in [-0.2, 0) is 13.6 Å². The van der Waals surface area contributed by atoms with E-state index >= 15 is 0 Å². The first kappa shape index (κ1) is 9.85. The van der Waals surface area contributed by atoms with E-state index in [0.717, 1.165) is 6.54 Å². The lowest BCUT2D eigenvalue weighted by Gasteiger charge is -1.91. The molecule has 0 atom stereocenters. The van der Waals surface area contributed by atoms with E-state index in [4.69, 9.17) is 4.52 Å². The lowest BCUT2D eigenvalue weighted by atomic mass is 10.5. The molecule has 2 heterocycles. The molecule has 6 heteroatoms. The Bertz CT molecular complexity index is 433. The number of hydrogen-bond acceptors (Lipinski definition) is 5. The second-order valence-corrected chi connectivity index (χ2v) is 3.22. The van der Waals surface area contributed by atoms with Crippen LogP contribution >= 0.6 is 0 Å². The van der Waals surface area contributed by atoms with Crippen molar-refractivity contribution in [1.82, 2.24) is 25.0 Å². The van der Waals surface area contributed by atoms with Crippen molar-refractivity contribution >= 4 is 0 Å². The molecule has 2 aromatic rings. The average molecular weight is 207 g/mol. The van der Waals surface area contributed by atoms with Crippen LogP contribution < -0.4 is 5.32 Å². The summed E-state index contributed by atoms with van der Waals surface area (Å²) < 4.78 is 6.92. The van der Waals surface area contributed by atoms with Crippen LogP contribution in [0.3, 0.4) is 0 Å². The van der Waals surface area contributed by atoms with E-state index in [-0.39, 0.29) is 0 Å². The average Bonchev–Trinajstić information content (AvgIpc) is 2.83. The number of rotatable bonds is 4. The van der Waals surface area contributed by atoms with Crippen molar-refractivity contribution < 1.29 is 4.52 Å². The van der Waals surface area contributed by atoms with Gasteiger partial charge in [0.25, 0.3) is 5.89 Å². The number of imidazole rings is 1. The highest BCUT2D eigenvalue weighted by molar-refractivity contribution is 5.44. The van der Waals surface area contributed by atoms with Crippen molar-refractivity contribution in [2.45, 2.75) is 13.5 Å². The minimum Gasteiger partial charge on any atom is -0.340 e. The summed E-state index contributed by atoms with van der Waals surface area (Å²) in [5, 5.41) is 6.97. The molecule has 15 heavy (non-hydrogen) atoms. The van der Waals surface area contributed by atoms with E-state index in [9.17, 15) is 0 Å². The number of nitrogens with one attached hydrogen (secondary N) is 1. The number of aryl methyl sites for hydroxylation is 1. The zero-order valence-corrected chi connectivity index (χ0v) is 8.77. The van der Waals surface area contributed by atoms with E-state index in [1.165, 1.54) is 0 Å². The van der Waals surface area contributed by atoms with E-state index in [1.807, 2.05) is 24.7 Å². The van der Waals surface area contributed by atoms with Gasteiger partial charge in [0, 0.05) is 13.2 Å². The Kier molecular flexibility index (Phi) is 2.77. The standard InChI is InChI=1S/C9H13N5O/c1-3-10-4-8-12-9(15-13-8)7-5-14(2)6-11-7/h5-6,10H,3-4H2,1-2H3. The van der Waals surface area contributed by atoms with Gasteiger partial charge < -0.3 is 14.4 Å². The van der Waals surface area contributed by atoms with Crippen molar-refractivity contribution in [2.75, 3.05) is 6.54 Å². The maximum absolute atomic E-state index is 5.08. The summed E-state index contributed by atoms with van der Waals surface area (Å²) in [6.45, 7) is 3.53. The molecule has 0 saturated heterocycles. The molecule has 0 fully saturated rings. The topological polar surface area (TPSA) is 68.8 Å². The quantitative estimate of drug-likeness (QED) is 0.794. The minimum atomic E-state index is 0.462. The van der Waals surface area contributed by atoms with Crippen molar-refractivity contribution in [3.63, 3.8) is 0 Å². The van der Waals surface area contributed by atoms with Crippen LogP contribution in [0.4, 0.5) is 0 Å². The van der Waals surface area contributed by atoms with Gasteiger partial charge >= 0.3 is 0 Å². The van der Waals surface area contributed by atoms with Gasteiger partial charge in [-0.05, 0) is 6.54 Å². The highest BCUT2D eigenvalue weighted by Crippen LogP contribution is 2.13. The van der Waals surface area contributed by atoms with E-state index in [0.29, 0.717) is 24.0 Å². The highest BCUT2D eigenvalue weighted by Gasteiger charge is 2.10. The van der Waals surface area contributed by atoms with Gasteiger partial charge in [-0.15, -0.1) is 0 Å². The van der Waals surface area contributed by atoms with E-state index in [2.05, 4.69) is 20.4 Å². The molecule has 0 bridgehead atoms. The fourth-order valence-electron chi connectivity index (χ4n) is 1.19. The zero-order chi connectivity index (χ0) is 10.7. The van der Waals surface area contributed by atoms with Gasteiger partial charge in [0.2, 0.25) is 0 Å². The third-order valence-corrected chi connectivity index (χ3v) is 1.93. The monoisotopic (exact) mass is 207 g/mol. The van der Waals surface area contributed by atoms with Crippen molar-refractivity contribution in [3.05, 3.63) is 18.3 Å². The Labute approximate surface area is 87.3 Å². The van der Waals surface area contributed by atoms with Gasteiger partial charge in [0.15, 0.2) is 5.82 Å². The number of aromatic nitrogens is 4. The molecular formula is C9H13N5O. The molecule has 2 aromatic heterocycles. The Morgan fingerprint density at radius 2 is 2.40 bits per heavy atom. The number of nitrogens with zero attached hydrogens (tertiary/aromatic N) is 4. The first-order chi connectivity index (χ1) is 7.29.